The summed E-state index contributed by atoms with van der Waals surface area (Å²) in [4.78, 5) is 5.09. The quantitative estimate of drug-likeness (QED) is 0.750. The van der Waals surface area contributed by atoms with Crippen LogP contribution < -0.4 is 0 Å². The molecule has 3 aliphatic rings. The molecule has 0 amide bonds. The van der Waals surface area contributed by atoms with Crippen LogP contribution >= 0.6 is 0 Å². The van der Waals surface area contributed by atoms with Gasteiger partial charge in [0.25, 0.3) is 0 Å². The first kappa shape index (κ1) is 12.4. The van der Waals surface area contributed by atoms with Gasteiger partial charge in [-0.15, -0.1) is 0 Å². The normalized spacial score (nSPS) is 38.3. The molecule has 0 aliphatic carbocycles. The summed E-state index contributed by atoms with van der Waals surface area (Å²) in [5.41, 5.74) is 0. The van der Waals surface area contributed by atoms with Crippen LogP contribution in [0.3, 0.4) is 0 Å². The first-order valence-corrected chi connectivity index (χ1v) is 7.33. The van der Waals surface area contributed by atoms with Gasteiger partial charge in [-0.05, 0) is 38.8 Å². The molecule has 0 N–H and O–H groups in total. The summed E-state index contributed by atoms with van der Waals surface area (Å²) < 4.78 is 5.71. The highest BCUT2D eigenvalue weighted by atomic mass is 16.5. The largest absolute Gasteiger partial charge is 0.377 e. The summed E-state index contributed by atoms with van der Waals surface area (Å²) in [6.07, 6.45) is 5.29. The van der Waals surface area contributed by atoms with Crippen LogP contribution in [-0.2, 0) is 4.74 Å². The van der Waals surface area contributed by atoms with E-state index in [2.05, 4.69) is 15.9 Å². The molecule has 4 nitrogen and oxygen atoms in total. The van der Waals surface area contributed by atoms with Crippen LogP contribution in [-0.4, -0.2) is 61.3 Å². The maximum absolute atomic E-state index is 8.96. The van der Waals surface area contributed by atoms with Crippen molar-refractivity contribution in [1.29, 1.82) is 5.26 Å². The summed E-state index contributed by atoms with van der Waals surface area (Å²) in [6, 6.07) is 3.10. The molecule has 3 heterocycles. The number of ether oxygens (including phenoxy) is 1. The number of nitriles is 1. The van der Waals surface area contributed by atoms with Gasteiger partial charge < -0.3 is 4.74 Å². The minimum atomic E-state index is 0.275. The number of likely N-dealkylation sites (tertiary alicyclic amines) is 2. The molecule has 0 aromatic heterocycles. The van der Waals surface area contributed by atoms with Crippen LogP contribution in [0.5, 0.6) is 0 Å². The van der Waals surface area contributed by atoms with Crippen molar-refractivity contribution in [2.45, 2.75) is 37.8 Å². The van der Waals surface area contributed by atoms with Crippen molar-refractivity contribution in [3.8, 4) is 6.07 Å². The van der Waals surface area contributed by atoms with E-state index in [9.17, 15) is 0 Å². The zero-order chi connectivity index (χ0) is 12.4. The van der Waals surface area contributed by atoms with Gasteiger partial charge >= 0.3 is 0 Å². The van der Waals surface area contributed by atoms with E-state index in [1.54, 1.807) is 0 Å². The highest BCUT2D eigenvalue weighted by Crippen LogP contribution is 2.24. The number of hydrogen-bond donors (Lipinski definition) is 0. The van der Waals surface area contributed by atoms with Crippen molar-refractivity contribution < 1.29 is 4.74 Å². The van der Waals surface area contributed by atoms with Gasteiger partial charge in [0, 0.05) is 32.3 Å². The van der Waals surface area contributed by atoms with Crippen LogP contribution in [0.15, 0.2) is 0 Å². The Kier molecular flexibility index (Phi) is 3.83. The van der Waals surface area contributed by atoms with Crippen LogP contribution in [0.1, 0.15) is 25.7 Å². The zero-order valence-electron chi connectivity index (χ0n) is 11.1. The highest BCUT2D eigenvalue weighted by Gasteiger charge is 2.33. The van der Waals surface area contributed by atoms with Crippen molar-refractivity contribution in [2.24, 2.45) is 5.92 Å². The maximum Gasteiger partial charge on any atom is 0.0702 e. The lowest BCUT2D eigenvalue weighted by Crippen LogP contribution is -2.37. The van der Waals surface area contributed by atoms with E-state index < -0.39 is 0 Å². The van der Waals surface area contributed by atoms with Crippen LogP contribution in [0.4, 0.5) is 0 Å². The zero-order valence-corrected chi connectivity index (χ0v) is 11.1. The van der Waals surface area contributed by atoms with Crippen molar-refractivity contribution in [3.63, 3.8) is 0 Å². The Bertz CT molecular complexity index is 321. The summed E-state index contributed by atoms with van der Waals surface area (Å²) in [6.45, 7) is 6.58. The van der Waals surface area contributed by atoms with E-state index in [1.165, 1.54) is 32.4 Å². The van der Waals surface area contributed by atoms with Crippen LogP contribution in [0.25, 0.3) is 0 Å². The number of nitrogens with zero attached hydrogens (tertiary/aromatic N) is 3. The molecule has 0 aromatic carbocycles. The van der Waals surface area contributed by atoms with Crippen molar-refractivity contribution >= 4 is 0 Å². The molecule has 3 rings (SSSR count). The van der Waals surface area contributed by atoms with Crippen LogP contribution in [0, 0.1) is 17.2 Å². The second-order valence-corrected chi connectivity index (χ2v) is 5.95. The van der Waals surface area contributed by atoms with Crippen molar-refractivity contribution in [2.75, 3.05) is 39.3 Å². The lowest BCUT2D eigenvalue weighted by Gasteiger charge is -2.24. The Hall–Kier alpha value is -0.630. The van der Waals surface area contributed by atoms with E-state index in [-0.39, 0.29) is 5.92 Å². The molecule has 0 saturated carbocycles. The molecule has 3 aliphatic heterocycles. The lowest BCUT2D eigenvalue weighted by atomic mass is 10.1. The maximum atomic E-state index is 8.96. The first-order chi connectivity index (χ1) is 8.85. The van der Waals surface area contributed by atoms with Gasteiger partial charge in [-0.2, -0.15) is 5.26 Å². The Balaban J connectivity index is 1.45. The Morgan fingerprint density at radius 3 is 2.83 bits per heavy atom. The topological polar surface area (TPSA) is 39.5 Å². The van der Waals surface area contributed by atoms with E-state index >= 15 is 0 Å². The number of rotatable bonds is 3. The molecule has 18 heavy (non-hydrogen) atoms. The van der Waals surface area contributed by atoms with Gasteiger partial charge in [0.1, 0.15) is 0 Å². The van der Waals surface area contributed by atoms with Crippen molar-refractivity contribution in [3.05, 3.63) is 0 Å². The Morgan fingerprint density at radius 2 is 2.11 bits per heavy atom. The average Bonchev–Trinajstić information content (AvgIpc) is 3.09. The Labute approximate surface area is 109 Å². The molecule has 0 bridgehead atoms. The molecule has 3 unspecified atom stereocenters. The standard InChI is InChI=1S/C14H23N3O/c15-8-12-3-6-17(9-12)13-4-5-16(10-13)11-14-2-1-7-18-14/h12-14H,1-7,9-11H2. The van der Waals surface area contributed by atoms with Gasteiger partial charge in [-0.25, -0.2) is 0 Å². The van der Waals surface area contributed by atoms with Crippen LogP contribution in [0.2, 0.25) is 0 Å². The smallest absolute Gasteiger partial charge is 0.0702 e. The van der Waals surface area contributed by atoms with Gasteiger partial charge in [-0.3, -0.25) is 9.80 Å². The molecular weight excluding hydrogens is 226 g/mol. The van der Waals surface area contributed by atoms with Crippen molar-refractivity contribution in [1.82, 2.24) is 9.80 Å². The third kappa shape index (κ3) is 2.69. The molecule has 100 valence electrons. The summed E-state index contributed by atoms with van der Waals surface area (Å²) in [7, 11) is 0. The summed E-state index contributed by atoms with van der Waals surface area (Å²) in [5.74, 6) is 0.275. The second kappa shape index (κ2) is 5.56. The predicted octanol–water partition coefficient (Wildman–Crippen LogP) is 1.09. The third-order valence-corrected chi connectivity index (χ3v) is 4.65. The van der Waals surface area contributed by atoms with E-state index in [4.69, 9.17) is 10.00 Å². The van der Waals surface area contributed by atoms with Gasteiger partial charge in [0.15, 0.2) is 0 Å². The summed E-state index contributed by atoms with van der Waals surface area (Å²) >= 11 is 0. The molecule has 0 radical (unpaired) electrons. The van der Waals surface area contributed by atoms with Gasteiger partial charge in [0.05, 0.1) is 18.1 Å². The first-order valence-electron chi connectivity index (χ1n) is 7.33. The Morgan fingerprint density at radius 1 is 1.17 bits per heavy atom. The van der Waals surface area contributed by atoms with E-state index in [1.807, 2.05) is 0 Å². The molecule has 4 heteroatoms. The fourth-order valence-corrected chi connectivity index (χ4v) is 3.58. The third-order valence-electron chi connectivity index (χ3n) is 4.65. The minimum absolute atomic E-state index is 0.275. The SMILES string of the molecule is N#CC1CCN(C2CCN(CC3CCCO3)C2)C1. The number of hydrogen-bond acceptors (Lipinski definition) is 4. The molecule has 3 saturated heterocycles. The van der Waals surface area contributed by atoms with E-state index in [0.717, 1.165) is 32.7 Å². The van der Waals surface area contributed by atoms with Gasteiger partial charge in [0.2, 0.25) is 0 Å². The minimum Gasteiger partial charge on any atom is -0.377 e. The van der Waals surface area contributed by atoms with E-state index in [0.29, 0.717) is 12.1 Å². The fourth-order valence-electron chi connectivity index (χ4n) is 3.58. The van der Waals surface area contributed by atoms with Gasteiger partial charge in [-0.1, -0.05) is 0 Å². The highest BCUT2D eigenvalue weighted by molar-refractivity contribution is 4.95. The fraction of sp³-hybridized carbons (Fsp3) is 0.929. The molecule has 0 spiro atoms. The lowest BCUT2D eigenvalue weighted by molar-refractivity contribution is 0.0781. The molecule has 3 fully saturated rings. The second-order valence-electron chi connectivity index (χ2n) is 5.95. The predicted molar refractivity (Wildman–Crippen MR) is 69.1 cm³/mol. The molecular formula is C14H23N3O. The average molecular weight is 249 g/mol. The monoisotopic (exact) mass is 249 g/mol. The molecule has 3 atom stereocenters. The summed E-state index contributed by atoms with van der Waals surface area (Å²) in [5, 5.41) is 8.96. The molecule has 0 aromatic rings.